The van der Waals surface area contributed by atoms with Crippen LogP contribution in [-0.2, 0) is 22.4 Å². The molecule has 1 saturated heterocycles. The number of methoxy groups -OCH3 is 1. The van der Waals surface area contributed by atoms with Gasteiger partial charge in [0.1, 0.15) is 10.6 Å². The van der Waals surface area contributed by atoms with Crippen molar-refractivity contribution in [3.8, 4) is 16.2 Å². The summed E-state index contributed by atoms with van der Waals surface area (Å²) in [4.78, 5) is 39.1. The lowest BCUT2D eigenvalue weighted by molar-refractivity contribution is -0.135. The van der Waals surface area contributed by atoms with Gasteiger partial charge in [0.2, 0.25) is 0 Å². The maximum Gasteiger partial charge on any atom is 0.349 e. The van der Waals surface area contributed by atoms with Gasteiger partial charge in [0.15, 0.2) is 6.10 Å². The molecule has 1 unspecified atom stereocenters. The normalized spacial score (nSPS) is 16.1. The first-order valence-electron chi connectivity index (χ1n) is 9.08. The quantitative estimate of drug-likeness (QED) is 0.798. The average molecular weight is 400 g/mol. The first kappa shape index (κ1) is 18.5. The predicted molar refractivity (Wildman–Crippen MR) is 104 cm³/mol. The topological polar surface area (TPSA) is 84.9 Å². The number of nitrogens with one attached hydrogen (secondary N) is 1. The number of imide groups is 1. The van der Waals surface area contributed by atoms with Crippen LogP contribution in [0.5, 0.6) is 5.75 Å². The Balaban J connectivity index is 1.51. The number of amides is 3. The van der Waals surface area contributed by atoms with Gasteiger partial charge in [-0.15, -0.1) is 11.3 Å². The third-order valence-corrected chi connectivity index (χ3v) is 6.18. The Morgan fingerprint density at radius 3 is 2.71 bits per heavy atom. The number of carbonyl (C=O) groups excluding carboxylic acids is 3. The van der Waals surface area contributed by atoms with E-state index in [-0.39, 0.29) is 6.54 Å². The summed E-state index contributed by atoms with van der Waals surface area (Å²) < 4.78 is 10.6. The van der Waals surface area contributed by atoms with Gasteiger partial charge in [-0.2, -0.15) is 0 Å². The summed E-state index contributed by atoms with van der Waals surface area (Å²) in [6.45, 7) is 2.18. The summed E-state index contributed by atoms with van der Waals surface area (Å²) >= 11 is 1.37. The SMILES string of the molecule is COc1ccc2c(c1)CCc1cc(C(=O)OC(C)C(=O)N3CCNC3=O)sc1-2. The van der Waals surface area contributed by atoms with Gasteiger partial charge in [-0.1, -0.05) is 0 Å². The molecular formula is C20H20N2O5S. The zero-order valence-electron chi connectivity index (χ0n) is 15.6. The number of fused-ring (bicyclic) bond motifs is 3. The zero-order chi connectivity index (χ0) is 19.8. The Kier molecular flexibility index (Phi) is 4.80. The molecule has 1 atom stereocenters. The molecule has 4 rings (SSSR count). The first-order chi connectivity index (χ1) is 13.5. The molecule has 146 valence electrons. The minimum Gasteiger partial charge on any atom is -0.497 e. The van der Waals surface area contributed by atoms with Crippen LogP contribution in [0.4, 0.5) is 4.79 Å². The van der Waals surface area contributed by atoms with Crippen molar-refractivity contribution in [2.24, 2.45) is 0 Å². The molecule has 1 N–H and O–H groups in total. The number of hydrogen-bond donors (Lipinski definition) is 1. The molecule has 1 fully saturated rings. The molecule has 28 heavy (non-hydrogen) atoms. The Labute approximate surface area is 166 Å². The van der Waals surface area contributed by atoms with Crippen LogP contribution in [0.1, 0.15) is 27.7 Å². The maximum atomic E-state index is 12.6. The third-order valence-electron chi connectivity index (χ3n) is 4.99. The van der Waals surface area contributed by atoms with Crippen molar-refractivity contribution in [1.82, 2.24) is 10.2 Å². The van der Waals surface area contributed by atoms with Gasteiger partial charge < -0.3 is 14.8 Å². The van der Waals surface area contributed by atoms with Crippen molar-refractivity contribution < 1.29 is 23.9 Å². The van der Waals surface area contributed by atoms with E-state index >= 15 is 0 Å². The van der Waals surface area contributed by atoms with Crippen molar-refractivity contribution in [2.45, 2.75) is 25.9 Å². The second kappa shape index (κ2) is 7.27. The highest BCUT2D eigenvalue weighted by atomic mass is 32.1. The lowest BCUT2D eigenvalue weighted by Crippen LogP contribution is -2.41. The van der Waals surface area contributed by atoms with E-state index < -0.39 is 24.0 Å². The van der Waals surface area contributed by atoms with Crippen LogP contribution in [0.25, 0.3) is 10.4 Å². The molecule has 1 aromatic carbocycles. The highest BCUT2D eigenvalue weighted by Crippen LogP contribution is 2.41. The van der Waals surface area contributed by atoms with E-state index in [0.717, 1.165) is 39.5 Å². The summed E-state index contributed by atoms with van der Waals surface area (Å²) in [5, 5.41) is 2.56. The molecule has 0 saturated carbocycles. The standard InChI is InChI=1S/C20H20N2O5S/c1-11(18(23)22-8-7-21-20(22)25)27-19(24)16-10-13-4-3-12-9-14(26-2)5-6-15(12)17(13)28-16/h5-6,9-11H,3-4,7-8H2,1-2H3,(H,21,25). The summed E-state index contributed by atoms with van der Waals surface area (Å²) in [5.41, 5.74) is 3.40. The molecule has 7 nitrogen and oxygen atoms in total. The van der Waals surface area contributed by atoms with Crippen molar-refractivity contribution in [1.29, 1.82) is 0 Å². The number of carbonyl (C=O) groups is 3. The number of nitrogens with zero attached hydrogens (tertiary/aromatic N) is 1. The van der Waals surface area contributed by atoms with Gasteiger partial charge in [-0.25, -0.2) is 9.59 Å². The summed E-state index contributed by atoms with van der Waals surface area (Å²) in [6.07, 6.45) is 0.692. The Morgan fingerprint density at radius 1 is 1.21 bits per heavy atom. The monoisotopic (exact) mass is 400 g/mol. The van der Waals surface area contributed by atoms with Gasteiger partial charge >= 0.3 is 12.0 Å². The van der Waals surface area contributed by atoms with Crippen molar-refractivity contribution in [3.63, 3.8) is 0 Å². The molecule has 2 heterocycles. The maximum absolute atomic E-state index is 12.6. The molecular weight excluding hydrogens is 380 g/mol. The van der Waals surface area contributed by atoms with E-state index in [4.69, 9.17) is 9.47 Å². The Hall–Kier alpha value is -2.87. The highest BCUT2D eigenvalue weighted by molar-refractivity contribution is 7.17. The van der Waals surface area contributed by atoms with Crippen LogP contribution >= 0.6 is 11.3 Å². The second-order valence-electron chi connectivity index (χ2n) is 6.76. The molecule has 0 radical (unpaired) electrons. The third kappa shape index (κ3) is 3.24. The number of benzene rings is 1. The summed E-state index contributed by atoms with van der Waals surface area (Å²) in [6, 6.07) is 7.34. The molecule has 3 amide bonds. The number of aryl methyl sites for hydroxylation is 2. The van der Waals surface area contributed by atoms with E-state index in [0.29, 0.717) is 11.4 Å². The van der Waals surface area contributed by atoms with E-state index in [1.807, 2.05) is 24.3 Å². The smallest absolute Gasteiger partial charge is 0.349 e. The summed E-state index contributed by atoms with van der Waals surface area (Å²) in [7, 11) is 1.64. The first-order valence-corrected chi connectivity index (χ1v) is 9.89. The zero-order valence-corrected chi connectivity index (χ0v) is 16.4. The highest BCUT2D eigenvalue weighted by Gasteiger charge is 2.32. The van der Waals surface area contributed by atoms with E-state index in [1.54, 1.807) is 7.11 Å². The number of urea groups is 1. The number of esters is 1. The number of rotatable bonds is 4. The fraction of sp³-hybridized carbons (Fsp3) is 0.350. The molecule has 0 spiro atoms. The molecule has 0 bridgehead atoms. The van der Waals surface area contributed by atoms with E-state index in [1.165, 1.54) is 23.8 Å². The Bertz CT molecular complexity index is 968. The van der Waals surface area contributed by atoms with Crippen molar-refractivity contribution in [2.75, 3.05) is 20.2 Å². The number of hydrogen-bond acceptors (Lipinski definition) is 6. The minimum absolute atomic E-state index is 0.285. The Morgan fingerprint density at radius 2 is 2.00 bits per heavy atom. The molecule has 1 aliphatic carbocycles. The van der Waals surface area contributed by atoms with E-state index in [9.17, 15) is 14.4 Å². The molecule has 8 heteroatoms. The summed E-state index contributed by atoms with van der Waals surface area (Å²) in [5.74, 6) is -0.242. The molecule has 2 aliphatic rings. The molecule has 2 aromatic rings. The largest absolute Gasteiger partial charge is 0.497 e. The average Bonchev–Trinajstić information content (AvgIpc) is 3.33. The van der Waals surface area contributed by atoms with Gasteiger partial charge in [-0.05, 0) is 60.7 Å². The van der Waals surface area contributed by atoms with Crippen LogP contribution in [0.3, 0.4) is 0 Å². The van der Waals surface area contributed by atoms with Crippen LogP contribution in [0.2, 0.25) is 0 Å². The fourth-order valence-electron chi connectivity index (χ4n) is 3.51. The van der Waals surface area contributed by atoms with Gasteiger partial charge in [0, 0.05) is 18.0 Å². The lowest BCUT2D eigenvalue weighted by Gasteiger charge is -2.17. The predicted octanol–water partition coefficient (Wildman–Crippen LogP) is 2.62. The van der Waals surface area contributed by atoms with E-state index in [2.05, 4.69) is 5.32 Å². The second-order valence-corrected chi connectivity index (χ2v) is 7.81. The van der Waals surface area contributed by atoms with Crippen molar-refractivity contribution in [3.05, 3.63) is 40.3 Å². The molecule has 1 aromatic heterocycles. The van der Waals surface area contributed by atoms with Crippen LogP contribution < -0.4 is 10.1 Å². The van der Waals surface area contributed by atoms with Crippen molar-refractivity contribution >= 4 is 29.2 Å². The number of thiophene rings is 1. The van der Waals surface area contributed by atoms with Gasteiger partial charge in [0.05, 0.1) is 7.11 Å². The van der Waals surface area contributed by atoms with Gasteiger partial charge in [-0.3, -0.25) is 9.69 Å². The molecule has 1 aliphatic heterocycles. The van der Waals surface area contributed by atoms with Crippen LogP contribution in [0.15, 0.2) is 24.3 Å². The minimum atomic E-state index is -1.02. The van der Waals surface area contributed by atoms with Crippen LogP contribution in [0, 0.1) is 0 Å². The number of ether oxygens (including phenoxy) is 2. The fourth-order valence-corrected chi connectivity index (χ4v) is 4.66. The lowest BCUT2D eigenvalue weighted by atomic mass is 9.91. The van der Waals surface area contributed by atoms with Crippen LogP contribution in [-0.4, -0.2) is 49.1 Å². The van der Waals surface area contributed by atoms with Gasteiger partial charge in [0.25, 0.3) is 5.91 Å².